The van der Waals surface area contributed by atoms with Crippen molar-refractivity contribution in [2.75, 3.05) is 7.11 Å². The zero-order chi connectivity index (χ0) is 17.4. The Labute approximate surface area is 144 Å². The molecule has 1 atom stereocenters. The Balaban J connectivity index is 2.23. The third-order valence-corrected chi connectivity index (χ3v) is 5.18. The van der Waals surface area contributed by atoms with Crippen LogP contribution in [0.15, 0.2) is 10.7 Å². The van der Waals surface area contributed by atoms with Gasteiger partial charge in [-0.3, -0.25) is 4.79 Å². The Bertz CT molecular complexity index is 767. The molecular formula is C21H28O3. The first-order valence-electron chi connectivity index (χ1n) is 9.05. The average Bonchev–Trinajstić information content (AvgIpc) is 2.88. The molecule has 1 aliphatic carbocycles. The van der Waals surface area contributed by atoms with E-state index < -0.39 is 0 Å². The number of Topliss-reactive ketones (excluding diaryl/α,β-unsaturated/α-hetero) is 1. The van der Waals surface area contributed by atoms with E-state index in [4.69, 9.17) is 9.15 Å². The van der Waals surface area contributed by atoms with Crippen molar-refractivity contribution in [3.63, 3.8) is 0 Å². The van der Waals surface area contributed by atoms with Crippen molar-refractivity contribution in [1.82, 2.24) is 0 Å². The quantitative estimate of drug-likeness (QED) is 0.743. The Morgan fingerprint density at radius 2 is 2.17 bits per heavy atom. The van der Waals surface area contributed by atoms with E-state index in [1.54, 1.807) is 13.4 Å². The van der Waals surface area contributed by atoms with Crippen LogP contribution in [0, 0.1) is 12.8 Å². The average molecular weight is 328 g/mol. The van der Waals surface area contributed by atoms with Crippen LogP contribution in [-0.4, -0.2) is 12.9 Å². The summed E-state index contributed by atoms with van der Waals surface area (Å²) >= 11 is 0. The molecule has 3 rings (SSSR count). The van der Waals surface area contributed by atoms with Crippen molar-refractivity contribution in [3.05, 3.63) is 28.5 Å². The molecule has 1 aromatic carbocycles. The van der Waals surface area contributed by atoms with Gasteiger partial charge in [-0.1, -0.05) is 20.8 Å². The van der Waals surface area contributed by atoms with Gasteiger partial charge in [0.05, 0.1) is 13.4 Å². The second-order valence-corrected chi connectivity index (χ2v) is 7.63. The molecule has 2 aromatic rings. The summed E-state index contributed by atoms with van der Waals surface area (Å²) in [5.41, 5.74) is 5.69. The third kappa shape index (κ3) is 2.85. The number of carbonyl (C=O) groups excluding carboxylic acids is 1. The monoisotopic (exact) mass is 328 g/mol. The Morgan fingerprint density at radius 1 is 1.42 bits per heavy atom. The Hall–Kier alpha value is -1.77. The first-order valence-corrected chi connectivity index (χ1v) is 9.05. The fourth-order valence-corrected chi connectivity index (χ4v) is 4.26. The molecule has 0 aliphatic heterocycles. The van der Waals surface area contributed by atoms with Gasteiger partial charge in [-0.15, -0.1) is 0 Å². The number of methoxy groups -OCH3 is 1. The molecule has 24 heavy (non-hydrogen) atoms. The van der Waals surface area contributed by atoms with Gasteiger partial charge in [-0.25, -0.2) is 0 Å². The molecule has 0 spiro atoms. The van der Waals surface area contributed by atoms with Crippen molar-refractivity contribution in [3.8, 4) is 5.75 Å². The number of fused-ring (bicyclic) bond motifs is 2. The van der Waals surface area contributed by atoms with Crippen molar-refractivity contribution in [2.45, 2.75) is 65.7 Å². The van der Waals surface area contributed by atoms with Crippen LogP contribution in [0.4, 0.5) is 0 Å². The number of hydrogen-bond donors (Lipinski definition) is 0. The number of aryl methyl sites for hydroxylation is 1. The number of benzene rings is 1. The SMILES string of the molecule is COc1c2c(c(CC(=O)CC(C)C)c3c(C)coc13)C(C)CCC2. The normalized spacial score (nSPS) is 17.3. The maximum Gasteiger partial charge on any atom is 0.176 e. The minimum atomic E-state index is 0.317. The zero-order valence-electron chi connectivity index (χ0n) is 15.5. The highest BCUT2D eigenvalue weighted by Gasteiger charge is 2.29. The number of rotatable bonds is 5. The van der Waals surface area contributed by atoms with E-state index in [-0.39, 0.29) is 0 Å². The van der Waals surface area contributed by atoms with Crippen LogP contribution >= 0.6 is 0 Å². The van der Waals surface area contributed by atoms with E-state index in [1.807, 2.05) is 0 Å². The van der Waals surface area contributed by atoms with Crippen LogP contribution in [0.3, 0.4) is 0 Å². The van der Waals surface area contributed by atoms with Gasteiger partial charge in [0.15, 0.2) is 11.3 Å². The van der Waals surface area contributed by atoms with Crippen molar-refractivity contribution >= 4 is 16.8 Å². The predicted octanol–water partition coefficient (Wildman–Crippen LogP) is 5.35. The highest BCUT2D eigenvalue weighted by atomic mass is 16.5. The predicted molar refractivity (Wildman–Crippen MR) is 97.0 cm³/mol. The van der Waals surface area contributed by atoms with Gasteiger partial charge in [0, 0.05) is 23.8 Å². The van der Waals surface area contributed by atoms with Gasteiger partial charge in [-0.2, -0.15) is 0 Å². The van der Waals surface area contributed by atoms with Gasteiger partial charge in [0.25, 0.3) is 0 Å². The van der Waals surface area contributed by atoms with Crippen LogP contribution in [0.1, 0.15) is 68.2 Å². The van der Waals surface area contributed by atoms with E-state index in [2.05, 4.69) is 27.7 Å². The molecule has 0 bridgehead atoms. The lowest BCUT2D eigenvalue weighted by Crippen LogP contribution is -2.16. The fourth-order valence-electron chi connectivity index (χ4n) is 4.26. The van der Waals surface area contributed by atoms with Crippen molar-refractivity contribution in [1.29, 1.82) is 0 Å². The lowest BCUT2D eigenvalue weighted by molar-refractivity contribution is -0.119. The van der Waals surface area contributed by atoms with Gasteiger partial charge in [-0.05, 0) is 54.7 Å². The summed E-state index contributed by atoms with van der Waals surface area (Å²) in [6, 6.07) is 0. The molecule has 3 heteroatoms. The minimum Gasteiger partial charge on any atom is -0.493 e. The fraction of sp³-hybridized carbons (Fsp3) is 0.571. The third-order valence-electron chi connectivity index (χ3n) is 5.18. The van der Waals surface area contributed by atoms with Gasteiger partial charge in [0.2, 0.25) is 0 Å². The molecule has 130 valence electrons. The smallest absolute Gasteiger partial charge is 0.176 e. The summed E-state index contributed by atoms with van der Waals surface area (Å²) in [5.74, 6) is 2.05. The van der Waals surface area contributed by atoms with E-state index in [0.29, 0.717) is 30.5 Å². The summed E-state index contributed by atoms with van der Waals surface area (Å²) in [6.07, 6.45) is 6.27. The van der Waals surface area contributed by atoms with Crippen molar-refractivity contribution < 1.29 is 13.9 Å². The molecule has 0 N–H and O–H groups in total. The van der Waals surface area contributed by atoms with Crippen LogP contribution in [-0.2, 0) is 17.6 Å². The van der Waals surface area contributed by atoms with E-state index in [9.17, 15) is 4.79 Å². The highest BCUT2D eigenvalue weighted by Crippen LogP contribution is 2.46. The number of hydrogen-bond acceptors (Lipinski definition) is 3. The first kappa shape index (κ1) is 17.1. The van der Waals surface area contributed by atoms with Crippen LogP contribution < -0.4 is 4.74 Å². The summed E-state index contributed by atoms with van der Waals surface area (Å²) in [5, 5.41) is 1.09. The lowest BCUT2D eigenvalue weighted by Gasteiger charge is -2.28. The molecule has 1 aliphatic rings. The maximum atomic E-state index is 12.6. The molecule has 1 heterocycles. The highest BCUT2D eigenvalue weighted by molar-refractivity contribution is 5.96. The number of furan rings is 1. The zero-order valence-corrected chi connectivity index (χ0v) is 15.5. The molecule has 0 fully saturated rings. The van der Waals surface area contributed by atoms with Crippen LogP contribution in [0.5, 0.6) is 5.75 Å². The number of ether oxygens (including phenoxy) is 1. The molecule has 3 nitrogen and oxygen atoms in total. The molecule has 1 aromatic heterocycles. The van der Waals surface area contributed by atoms with Crippen LogP contribution in [0.25, 0.3) is 11.0 Å². The molecule has 1 unspecified atom stereocenters. The summed E-state index contributed by atoms with van der Waals surface area (Å²) in [7, 11) is 1.72. The largest absolute Gasteiger partial charge is 0.493 e. The summed E-state index contributed by atoms with van der Waals surface area (Å²) in [4.78, 5) is 12.6. The van der Waals surface area contributed by atoms with E-state index >= 15 is 0 Å². The van der Waals surface area contributed by atoms with Gasteiger partial charge in [0.1, 0.15) is 5.78 Å². The van der Waals surface area contributed by atoms with E-state index in [1.165, 1.54) is 23.1 Å². The number of ketones is 1. The summed E-state index contributed by atoms with van der Waals surface area (Å²) < 4.78 is 11.6. The lowest BCUT2D eigenvalue weighted by atomic mass is 9.77. The molecular weight excluding hydrogens is 300 g/mol. The second kappa shape index (κ2) is 6.62. The van der Waals surface area contributed by atoms with Crippen molar-refractivity contribution in [2.24, 2.45) is 5.92 Å². The second-order valence-electron chi connectivity index (χ2n) is 7.63. The van der Waals surface area contributed by atoms with E-state index in [0.717, 1.165) is 35.1 Å². The van der Waals surface area contributed by atoms with Gasteiger partial charge >= 0.3 is 0 Å². The minimum absolute atomic E-state index is 0.317. The van der Waals surface area contributed by atoms with Crippen LogP contribution in [0.2, 0.25) is 0 Å². The maximum absolute atomic E-state index is 12.6. The topological polar surface area (TPSA) is 39.4 Å². The molecule has 0 saturated heterocycles. The number of carbonyl (C=O) groups is 1. The van der Waals surface area contributed by atoms with Gasteiger partial charge < -0.3 is 9.15 Å². The Morgan fingerprint density at radius 3 is 2.83 bits per heavy atom. The Kier molecular flexibility index (Phi) is 4.71. The molecule has 0 saturated carbocycles. The molecule has 0 amide bonds. The standard InChI is InChI=1S/C21H28O3/c1-12(2)9-15(22)10-17-18-13(3)7-6-8-16(18)20(23-5)21-19(17)14(4)11-24-21/h11-13H,6-10H2,1-5H3. The molecule has 0 radical (unpaired) electrons. The summed E-state index contributed by atoms with van der Waals surface area (Å²) in [6.45, 7) is 8.53. The first-order chi connectivity index (χ1) is 11.4.